The minimum absolute atomic E-state index is 0.578. The molecule has 0 aliphatic carbocycles. The van der Waals surface area contributed by atoms with Crippen LogP contribution in [0.15, 0.2) is 3.92 Å². The van der Waals surface area contributed by atoms with Crippen molar-refractivity contribution in [3.63, 3.8) is 0 Å². The van der Waals surface area contributed by atoms with Crippen LogP contribution < -0.4 is 5.32 Å². The van der Waals surface area contributed by atoms with Crippen LogP contribution in [0.3, 0.4) is 0 Å². The Hall–Kier alpha value is -0.0000000000000000555. The van der Waals surface area contributed by atoms with Gasteiger partial charge in [0.15, 0.2) is 3.92 Å². The molecule has 3 nitrogen and oxygen atoms in total. The summed E-state index contributed by atoms with van der Waals surface area (Å²) in [6, 6.07) is 0. The van der Waals surface area contributed by atoms with Gasteiger partial charge in [0.05, 0.1) is 0 Å². The Morgan fingerprint density at radius 2 is 2.17 bits per heavy atom. The van der Waals surface area contributed by atoms with Gasteiger partial charge in [0.25, 0.3) is 0 Å². The molecule has 0 atom stereocenters. The number of nitrogens with one attached hydrogen (secondary N) is 1. The lowest BCUT2D eigenvalue weighted by atomic mass is 9.98. The lowest BCUT2D eigenvalue weighted by Gasteiger charge is -2.19. The maximum atomic E-state index is 4.33. The average Bonchev–Trinajstić information content (AvgIpc) is 2.54. The van der Waals surface area contributed by atoms with Crippen molar-refractivity contribution in [1.29, 1.82) is 0 Å². The molecule has 1 aromatic rings. The summed E-state index contributed by atoms with van der Waals surface area (Å²) in [5, 5.41) is 3.33. The number of hydrogen-bond acceptors (Lipinski definition) is 4. The van der Waals surface area contributed by atoms with E-state index in [4.69, 9.17) is 0 Å². The third-order valence-electron chi connectivity index (χ3n) is 2.12. The lowest BCUT2D eigenvalue weighted by molar-refractivity contribution is 0.448. The minimum Gasteiger partial charge on any atom is -0.317 e. The SMILES string of the molecule is Brc1nc(C2CCNCC2)ns1. The molecule has 1 fully saturated rings. The van der Waals surface area contributed by atoms with E-state index >= 15 is 0 Å². The molecular weight excluding hydrogens is 238 g/mol. The summed E-state index contributed by atoms with van der Waals surface area (Å²) in [6.07, 6.45) is 2.34. The first-order valence-electron chi connectivity index (χ1n) is 4.06. The van der Waals surface area contributed by atoms with E-state index in [1.165, 1.54) is 24.4 Å². The van der Waals surface area contributed by atoms with Crippen LogP contribution in [0.5, 0.6) is 0 Å². The number of nitrogens with zero attached hydrogens (tertiary/aromatic N) is 2. The number of rotatable bonds is 1. The molecule has 5 heteroatoms. The predicted molar refractivity (Wildman–Crippen MR) is 52.5 cm³/mol. The van der Waals surface area contributed by atoms with Crippen molar-refractivity contribution >= 4 is 27.5 Å². The Morgan fingerprint density at radius 1 is 1.42 bits per heavy atom. The van der Waals surface area contributed by atoms with Crippen molar-refractivity contribution in [2.75, 3.05) is 13.1 Å². The van der Waals surface area contributed by atoms with Crippen molar-refractivity contribution < 1.29 is 0 Å². The number of hydrogen-bond donors (Lipinski definition) is 1. The van der Waals surface area contributed by atoms with Crippen LogP contribution in [0.25, 0.3) is 0 Å². The number of piperidine rings is 1. The van der Waals surface area contributed by atoms with Crippen molar-refractivity contribution in [2.24, 2.45) is 0 Å². The fraction of sp³-hybridized carbons (Fsp3) is 0.714. The molecule has 0 amide bonds. The van der Waals surface area contributed by atoms with Gasteiger partial charge in [0.2, 0.25) is 0 Å². The van der Waals surface area contributed by atoms with Crippen molar-refractivity contribution in [3.05, 3.63) is 9.74 Å². The second kappa shape index (κ2) is 3.81. The molecule has 0 spiro atoms. The first kappa shape index (κ1) is 8.59. The second-order valence-electron chi connectivity index (χ2n) is 2.93. The van der Waals surface area contributed by atoms with Crippen molar-refractivity contribution in [1.82, 2.24) is 14.7 Å². The molecule has 1 N–H and O–H groups in total. The van der Waals surface area contributed by atoms with Gasteiger partial charge in [0, 0.05) is 5.92 Å². The quantitative estimate of drug-likeness (QED) is 0.823. The largest absolute Gasteiger partial charge is 0.317 e. The molecule has 1 aromatic heterocycles. The van der Waals surface area contributed by atoms with Crippen LogP contribution in [0.4, 0.5) is 0 Å². The molecule has 12 heavy (non-hydrogen) atoms. The first-order valence-corrected chi connectivity index (χ1v) is 5.63. The van der Waals surface area contributed by atoms with E-state index in [9.17, 15) is 0 Å². The van der Waals surface area contributed by atoms with Gasteiger partial charge in [-0.2, -0.15) is 4.37 Å². The molecule has 0 aromatic carbocycles. The van der Waals surface area contributed by atoms with E-state index in [-0.39, 0.29) is 0 Å². The highest BCUT2D eigenvalue weighted by Crippen LogP contribution is 2.25. The highest BCUT2D eigenvalue weighted by Gasteiger charge is 2.18. The molecule has 2 heterocycles. The number of halogens is 1. The van der Waals surface area contributed by atoms with E-state index in [0.29, 0.717) is 5.92 Å². The molecule has 1 saturated heterocycles. The Labute approximate surface area is 83.9 Å². The normalized spacial score (nSPS) is 19.8. The monoisotopic (exact) mass is 247 g/mol. The van der Waals surface area contributed by atoms with Crippen molar-refractivity contribution in [3.8, 4) is 0 Å². The Morgan fingerprint density at radius 3 is 2.75 bits per heavy atom. The van der Waals surface area contributed by atoms with E-state index < -0.39 is 0 Å². The van der Waals surface area contributed by atoms with Gasteiger partial charge in [0.1, 0.15) is 5.82 Å². The molecular formula is C7H10BrN3S. The summed E-state index contributed by atoms with van der Waals surface area (Å²) >= 11 is 4.76. The zero-order valence-corrected chi connectivity index (χ0v) is 8.99. The van der Waals surface area contributed by atoms with Gasteiger partial charge in [-0.3, -0.25) is 0 Å². The van der Waals surface area contributed by atoms with Gasteiger partial charge in [-0.15, -0.1) is 0 Å². The molecule has 0 unspecified atom stereocenters. The van der Waals surface area contributed by atoms with Gasteiger partial charge in [-0.25, -0.2) is 4.98 Å². The predicted octanol–water partition coefficient (Wildman–Crippen LogP) is 1.77. The minimum atomic E-state index is 0.578. The van der Waals surface area contributed by atoms with Crippen molar-refractivity contribution in [2.45, 2.75) is 18.8 Å². The zero-order chi connectivity index (χ0) is 8.39. The fourth-order valence-corrected chi connectivity index (χ4v) is 2.35. The second-order valence-corrected chi connectivity index (χ2v) is 4.96. The Balaban J connectivity index is 2.08. The maximum absolute atomic E-state index is 4.33. The van der Waals surface area contributed by atoms with E-state index in [0.717, 1.165) is 22.8 Å². The summed E-state index contributed by atoms with van der Waals surface area (Å²) in [5.41, 5.74) is 0. The summed E-state index contributed by atoms with van der Waals surface area (Å²) in [7, 11) is 0. The van der Waals surface area contributed by atoms with Crippen LogP contribution in [0.1, 0.15) is 24.6 Å². The molecule has 2 rings (SSSR count). The summed E-state index contributed by atoms with van der Waals surface area (Å²) in [4.78, 5) is 4.33. The van der Waals surface area contributed by atoms with Gasteiger partial charge >= 0.3 is 0 Å². The summed E-state index contributed by atoms with van der Waals surface area (Å²) in [5.74, 6) is 1.60. The molecule has 0 saturated carbocycles. The van der Waals surface area contributed by atoms with E-state index in [1.54, 1.807) is 0 Å². The van der Waals surface area contributed by atoms with E-state index in [1.807, 2.05) is 0 Å². The van der Waals surface area contributed by atoms with E-state index in [2.05, 4.69) is 30.6 Å². The fourth-order valence-electron chi connectivity index (χ4n) is 1.46. The van der Waals surface area contributed by atoms with Crippen LogP contribution >= 0.6 is 27.5 Å². The topological polar surface area (TPSA) is 37.8 Å². The smallest absolute Gasteiger partial charge is 0.179 e. The molecule has 66 valence electrons. The summed E-state index contributed by atoms with van der Waals surface area (Å²) < 4.78 is 5.19. The third kappa shape index (κ3) is 1.84. The van der Waals surface area contributed by atoms with Gasteiger partial charge in [-0.1, -0.05) is 0 Å². The number of aromatic nitrogens is 2. The zero-order valence-electron chi connectivity index (χ0n) is 6.59. The lowest BCUT2D eigenvalue weighted by Crippen LogP contribution is -2.27. The van der Waals surface area contributed by atoms with Gasteiger partial charge in [-0.05, 0) is 53.4 Å². The molecule has 0 bridgehead atoms. The standard InChI is InChI=1S/C7H10BrN3S/c8-7-10-6(11-12-7)5-1-3-9-4-2-5/h5,9H,1-4H2. The van der Waals surface area contributed by atoms with Crippen LogP contribution in [-0.4, -0.2) is 22.4 Å². The first-order chi connectivity index (χ1) is 5.86. The van der Waals surface area contributed by atoms with Crippen LogP contribution in [0, 0.1) is 0 Å². The molecule has 0 radical (unpaired) electrons. The maximum Gasteiger partial charge on any atom is 0.179 e. The molecule has 1 aliphatic heterocycles. The highest BCUT2D eigenvalue weighted by molar-refractivity contribution is 9.11. The Bertz CT molecular complexity index is 257. The van der Waals surface area contributed by atoms with Crippen LogP contribution in [0.2, 0.25) is 0 Å². The van der Waals surface area contributed by atoms with Crippen LogP contribution in [-0.2, 0) is 0 Å². The molecule has 1 aliphatic rings. The summed E-state index contributed by atoms with van der Waals surface area (Å²) in [6.45, 7) is 2.20. The Kier molecular flexibility index (Phi) is 2.73. The average molecular weight is 248 g/mol. The third-order valence-corrected chi connectivity index (χ3v) is 3.25. The van der Waals surface area contributed by atoms with Gasteiger partial charge < -0.3 is 5.32 Å². The highest BCUT2D eigenvalue weighted by atomic mass is 79.9.